The molecule has 0 amide bonds. The van der Waals surface area contributed by atoms with E-state index in [9.17, 15) is 0 Å². The van der Waals surface area contributed by atoms with Gasteiger partial charge in [0.25, 0.3) is 0 Å². The van der Waals surface area contributed by atoms with Crippen LogP contribution in [0.5, 0.6) is 0 Å². The largest absolute Gasteiger partial charge is 0.467 e. The molecule has 0 saturated carbocycles. The third-order valence-corrected chi connectivity index (χ3v) is 3.55. The van der Waals surface area contributed by atoms with Crippen LogP contribution in [0.15, 0.2) is 39.5 Å². The van der Waals surface area contributed by atoms with E-state index in [1.54, 1.807) is 6.26 Å². The van der Waals surface area contributed by atoms with Gasteiger partial charge in [0.2, 0.25) is 0 Å². The van der Waals surface area contributed by atoms with Crippen molar-refractivity contribution in [2.24, 2.45) is 5.92 Å². The Morgan fingerprint density at radius 2 is 2.24 bits per heavy atom. The lowest BCUT2D eigenvalue weighted by Gasteiger charge is -2.21. The van der Waals surface area contributed by atoms with Gasteiger partial charge in [0, 0.05) is 29.8 Å². The summed E-state index contributed by atoms with van der Waals surface area (Å²) >= 11 is 3.50. The van der Waals surface area contributed by atoms with Crippen molar-refractivity contribution in [2.45, 2.75) is 26.9 Å². The van der Waals surface area contributed by atoms with E-state index in [0.29, 0.717) is 12.5 Å². The second-order valence-electron chi connectivity index (χ2n) is 5.60. The Bertz CT molecular complexity index is 555. The van der Waals surface area contributed by atoms with E-state index >= 15 is 0 Å². The molecule has 0 fully saturated rings. The van der Waals surface area contributed by atoms with Crippen molar-refractivity contribution in [3.8, 4) is 0 Å². The Morgan fingerprint density at radius 1 is 1.43 bits per heavy atom. The van der Waals surface area contributed by atoms with Crippen LogP contribution in [0, 0.1) is 5.92 Å². The van der Waals surface area contributed by atoms with Gasteiger partial charge in [-0.25, -0.2) is 4.98 Å². The van der Waals surface area contributed by atoms with Crippen molar-refractivity contribution in [3.63, 3.8) is 0 Å². The van der Waals surface area contributed by atoms with Gasteiger partial charge in [-0.15, -0.1) is 0 Å². The number of anilines is 1. The Kier molecular flexibility index (Phi) is 5.82. The summed E-state index contributed by atoms with van der Waals surface area (Å²) in [7, 11) is 2.03. The minimum absolute atomic E-state index is 0.634. The number of halogens is 1. The summed E-state index contributed by atoms with van der Waals surface area (Å²) < 4.78 is 6.41. The highest BCUT2D eigenvalue weighted by molar-refractivity contribution is 9.10. The third kappa shape index (κ3) is 4.86. The number of pyridine rings is 1. The molecule has 2 rings (SSSR count). The molecule has 0 unspecified atom stereocenters. The monoisotopic (exact) mass is 351 g/mol. The van der Waals surface area contributed by atoms with Crippen molar-refractivity contribution < 1.29 is 4.42 Å². The number of aromatic nitrogens is 1. The SMILES string of the molecule is CC(C)CNCc1cc(Br)cnc1N(C)Cc1ccco1. The molecule has 21 heavy (non-hydrogen) atoms. The average molecular weight is 352 g/mol. The van der Waals surface area contributed by atoms with Crippen molar-refractivity contribution in [1.82, 2.24) is 10.3 Å². The first-order valence-electron chi connectivity index (χ1n) is 7.15. The lowest BCUT2D eigenvalue weighted by Crippen LogP contribution is -2.23. The zero-order chi connectivity index (χ0) is 15.2. The maximum absolute atomic E-state index is 5.41. The number of rotatable bonds is 7. The fourth-order valence-corrected chi connectivity index (χ4v) is 2.53. The molecular weight excluding hydrogens is 330 g/mol. The Morgan fingerprint density at radius 3 is 2.90 bits per heavy atom. The molecular formula is C16H22BrN3O. The molecule has 4 nitrogen and oxygen atoms in total. The van der Waals surface area contributed by atoms with Crippen molar-refractivity contribution in [1.29, 1.82) is 0 Å². The van der Waals surface area contributed by atoms with Crippen LogP contribution in [0.2, 0.25) is 0 Å². The Labute approximate surface area is 134 Å². The predicted molar refractivity (Wildman–Crippen MR) is 89.3 cm³/mol. The summed E-state index contributed by atoms with van der Waals surface area (Å²) in [5, 5.41) is 3.47. The quantitative estimate of drug-likeness (QED) is 0.823. The lowest BCUT2D eigenvalue weighted by molar-refractivity contribution is 0.506. The van der Waals surface area contributed by atoms with E-state index in [4.69, 9.17) is 4.42 Å². The average Bonchev–Trinajstić information content (AvgIpc) is 2.91. The second-order valence-corrected chi connectivity index (χ2v) is 6.51. The summed E-state index contributed by atoms with van der Waals surface area (Å²) in [5.41, 5.74) is 1.18. The highest BCUT2D eigenvalue weighted by Gasteiger charge is 2.11. The van der Waals surface area contributed by atoms with Crippen LogP contribution in [-0.4, -0.2) is 18.6 Å². The summed E-state index contributed by atoms with van der Waals surface area (Å²) in [4.78, 5) is 6.66. The summed E-state index contributed by atoms with van der Waals surface area (Å²) in [6.45, 7) is 6.92. The molecule has 0 aliphatic heterocycles. The normalized spacial score (nSPS) is 11.1. The van der Waals surface area contributed by atoms with Crippen LogP contribution >= 0.6 is 15.9 Å². The fourth-order valence-electron chi connectivity index (χ4n) is 2.15. The van der Waals surface area contributed by atoms with Gasteiger partial charge in [0.05, 0.1) is 12.8 Å². The molecule has 1 N–H and O–H groups in total. The van der Waals surface area contributed by atoms with Crippen LogP contribution in [-0.2, 0) is 13.1 Å². The lowest BCUT2D eigenvalue weighted by atomic mass is 10.2. The maximum atomic E-state index is 5.41. The number of furan rings is 1. The van der Waals surface area contributed by atoms with E-state index < -0.39 is 0 Å². The first-order valence-corrected chi connectivity index (χ1v) is 7.94. The molecule has 2 heterocycles. The first-order chi connectivity index (χ1) is 10.1. The minimum atomic E-state index is 0.634. The highest BCUT2D eigenvalue weighted by atomic mass is 79.9. The molecule has 0 aliphatic carbocycles. The molecule has 2 aromatic heterocycles. The van der Waals surface area contributed by atoms with Gasteiger partial charge in [-0.1, -0.05) is 13.8 Å². The molecule has 0 aliphatic rings. The highest BCUT2D eigenvalue weighted by Crippen LogP contribution is 2.22. The van der Waals surface area contributed by atoms with Gasteiger partial charge in [0.15, 0.2) is 0 Å². The third-order valence-electron chi connectivity index (χ3n) is 3.11. The van der Waals surface area contributed by atoms with Crippen LogP contribution in [0.1, 0.15) is 25.2 Å². The van der Waals surface area contributed by atoms with E-state index in [1.807, 2.05) is 25.4 Å². The molecule has 0 atom stereocenters. The maximum Gasteiger partial charge on any atom is 0.133 e. The fraction of sp³-hybridized carbons (Fsp3) is 0.438. The predicted octanol–water partition coefficient (Wildman–Crippen LogP) is 3.82. The van der Waals surface area contributed by atoms with Crippen molar-refractivity contribution in [3.05, 3.63) is 46.5 Å². The first kappa shape index (κ1) is 16.0. The van der Waals surface area contributed by atoms with Crippen LogP contribution in [0.3, 0.4) is 0 Å². The van der Waals surface area contributed by atoms with Crippen LogP contribution < -0.4 is 10.2 Å². The van der Waals surface area contributed by atoms with E-state index in [0.717, 1.165) is 29.1 Å². The summed E-state index contributed by atoms with van der Waals surface area (Å²) in [5.74, 6) is 2.54. The second kappa shape index (κ2) is 7.61. The van der Waals surface area contributed by atoms with Crippen LogP contribution in [0.25, 0.3) is 0 Å². The number of nitrogens with one attached hydrogen (secondary N) is 1. The van der Waals surface area contributed by atoms with Gasteiger partial charge < -0.3 is 14.6 Å². The zero-order valence-corrected chi connectivity index (χ0v) is 14.4. The zero-order valence-electron chi connectivity index (χ0n) is 12.8. The van der Waals surface area contributed by atoms with E-state index in [2.05, 4.69) is 51.0 Å². The van der Waals surface area contributed by atoms with Gasteiger partial charge in [0.1, 0.15) is 11.6 Å². The van der Waals surface area contributed by atoms with Gasteiger partial charge in [-0.05, 0) is 46.6 Å². The molecule has 0 aromatic carbocycles. The summed E-state index contributed by atoms with van der Waals surface area (Å²) in [6.07, 6.45) is 3.53. The van der Waals surface area contributed by atoms with Gasteiger partial charge in [-0.2, -0.15) is 0 Å². The standard InChI is InChI=1S/C16H22BrN3O/c1-12(2)8-18-9-13-7-14(17)10-19-16(13)20(3)11-15-5-4-6-21-15/h4-7,10,12,18H,8-9,11H2,1-3H3. The van der Waals surface area contributed by atoms with Crippen molar-refractivity contribution in [2.75, 3.05) is 18.5 Å². The summed E-state index contributed by atoms with van der Waals surface area (Å²) in [6, 6.07) is 6.00. The molecule has 5 heteroatoms. The molecule has 0 radical (unpaired) electrons. The number of hydrogen-bond donors (Lipinski definition) is 1. The molecule has 0 spiro atoms. The Hall–Kier alpha value is -1.33. The number of hydrogen-bond acceptors (Lipinski definition) is 4. The smallest absolute Gasteiger partial charge is 0.133 e. The van der Waals surface area contributed by atoms with E-state index in [-0.39, 0.29) is 0 Å². The number of nitrogens with zero attached hydrogens (tertiary/aromatic N) is 2. The molecule has 0 saturated heterocycles. The van der Waals surface area contributed by atoms with Crippen molar-refractivity contribution >= 4 is 21.7 Å². The van der Waals surface area contributed by atoms with E-state index in [1.165, 1.54) is 5.56 Å². The van der Waals surface area contributed by atoms with Gasteiger partial charge >= 0.3 is 0 Å². The molecule has 114 valence electrons. The van der Waals surface area contributed by atoms with Crippen LogP contribution in [0.4, 0.5) is 5.82 Å². The van der Waals surface area contributed by atoms with Gasteiger partial charge in [-0.3, -0.25) is 0 Å². The minimum Gasteiger partial charge on any atom is -0.467 e. The molecule has 2 aromatic rings. The topological polar surface area (TPSA) is 41.3 Å². The Balaban J connectivity index is 2.09. The molecule has 0 bridgehead atoms.